The lowest BCUT2D eigenvalue weighted by Crippen LogP contribution is -2.53. The molecule has 1 aromatic rings. The van der Waals surface area contributed by atoms with Gasteiger partial charge in [-0.3, -0.25) is 19.3 Å². The van der Waals surface area contributed by atoms with Gasteiger partial charge in [-0.1, -0.05) is 38.4 Å². The summed E-state index contributed by atoms with van der Waals surface area (Å²) in [6.07, 6.45) is 4.43. The second-order valence-corrected chi connectivity index (χ2v) is 15.5. The molecule has 0 radical (unpaired) electrons. The number of morpholine rings is 1. The van der Waals surface area contributed by atoms with Crippen molar-refractivity contribution in [1.82, 2.24) is 19.6 Å². The van der Waals surface area contributed by atoms with E-state index < -0.39 is 17.8 Å². The summed E-state index contributed by atoms with van der Waals surface area (Å²) in [4.78, 5) is 50.7. The molecule has 5 rings (SSSR count). The zero-order chi connectivity index (χ0) is 32.6. The van der Waals surface area contributed by atoms with Crippen LogP contribution in [0.1, 0.15) is 85.1 Å². The fraction of sp³-hybridized carbons (Fsp3) is 0.743. The first-order valence-electron chi connectivity index (χ1n) is 17.0. The maximum atomic E-state index is 15.4. The van der Waals surface area contributed by atoms with Gasteiger partial charge in [-0.2, -0.15) is 0 Å². The fourth-order valence-electron chi connectivity index (χ4n) is 7.90. The lowest BCUT2D eigenvalue weighted by atomic mass is 9.85. The molecule has 1 saturated carbocycles. The molecule has 0 aromatic heterocycles. The summed E-state index contributed by atoms with van der Waals surface area (Å²) in [6, 6.07) is 3.88. The molecule has 8 nitrogen and oxygen atoms in total. The zero-order valence-corrected chi connectivity index (χ0v) is 28.7. The van der Waals surface area contributed by atoms with E-state index in [0.29, 0.717) is 68.9 Å². The number of likely N-dealkylation sites (tertiary alicyclic amines) is 2. The minimum atomic E-state index is -0.676. The number of halogens is 2. The third-order valence-electron chi connectivity index (χ3n) is 10.6. The number of ether oxygens (including phenoxy) is 1. The standard InChI is InChI=1S/C35H52ClFN4O4/c1-22(2)32(42)41(25-10-7-23(3)8-11-25)26-18-31(34(44)38-13-15-45-16-14-38)40(19-26)33(43)29-21-39(35(4,5)6)20-28(29)27-12-9-24(36)17-30(27)37/h9,12,17,22-23,25-26,28-29,31H,7-8,10-11,13-16,18-21H2,1-6H3/t23?,25?,26-,28-,29+,31-/m0/s1. The molecule has 1 aliphatic carbocycles. The molecule has 0 unspecified atom stereocenters. The zero-order valence-electron chi connectivity index (χ0n) is 27.9. The molecular weight excluding hydrogens is 595 g/mol. The number of hydrogen-bond acceptors (Lipinski definition) is 5. The fourth-order valence-corrected chi connectivity index (χ4v) is 8.06. The van der Waals surface area contributed by atoms with Gasteiger partial charge >= 0.3 is 0 Å². The van der Waals surface area contributed by atoms with Crippen molar-refractivity contribution in [2.45, 2.75) is 103 Å². The first-order valence-corrected chi connectivity index (χ1v) is 17.3. The summed E-state index contributed by atoms with van der Waals surface area (Å²) in [6.45, 7) is 15.6. The Balaban J connectivity index is 1.49. The van der Waals surface area contributed by atoms with Crippen molar-refractivity contribution in [3.05, 3.63) is 34.6 Å². The number of amides is 3. The minimum absolute atomic E-state index is 0.0803. The van der Waals surface area contributed by atoms with Crippen LogP contribution in [0.15, 0.2) is 18.2 Å². The maximum Gasteiger partial charge on any atom is 0.245 e. The Morgan fingerprint density at radius 2 is 1.64 bits per heavy atom. The molecule has 4 aliphatic rings. The van der Waals surface area contributed by atoms with Crippen LogP contribution in [0, 0.1) is 23.6 Å². The highest BCUT2D eigenvalue weighted by Gasteiger charge is 2.51. The summed E-state index contributed by atoms with van der Waals surface area (Å²) in [5.74, 6) is -1.02. The van der Waals surface area contributed by atoms with Crippen LogP contribution in [0.4, 0.5) is 4.39 Å². The Kier molecular flexibility index (Phi) is 10.5. The number of hydrogen-bond donors (Lipinski definition) is 0. The molecule has 250 valence electrons. The van der Waals surface area contributed by atoms with Crippen LogP contribution in [0.2, 0.25) is 5.02 Å². The van der Waals surface area contributed by atoms with Crippen LogP contribution < -0.4 is 0 Å². The Labute approximate surface area is 273 Å². The largest absolute Gasteiger partial charge is 0.378 e. The van der Waals surface area contributed by atoms with E-state index in [0.717, 1.165) is 25.7 Å². The SMILES string of the molecule is CC1CCC(N(C(=O)C(C)C)[C@H]2C[C@@H](C(=O)N3CCOCC3)N(C(=O)[C@@H]3CN(C(C)(C)C)C[C@H]3c3ccc(Cl)cc3F)C2)CC1. The second-order valence-electron chi connectivity index (χ2n) is 15.1. The highest BCUT2D eigenvalue weighted by Crippen LogP contribution is 2.41. The quantitative estimate of drug-likeness (QED) is 0.426. The van der Waals surface area contributed by atoms with E-state index in [1.54, 1.807) is 21.9 Å². The molecule has 3 saturated heterocycles. The van der Waals surface area contributed by atoms with E-state index in [2.05, 4.69) is 37.5 Å². The number of rotatable bonds is 6. The molecule has 0 N–H and O–H groups in total. The van der Waals surface area contributed by atoms with Crippen LogP contribution in [-0.2, 0) is 19.1 Å². The van der Waals surface area contributed by atoms with Crippen molar-refractivity contribution < 1.29 is 23.5 Å². The maximum absolute atomic E-state index is 15.4. The molecule has 3 aliphatic heterocycles. The van der Waals surface area contributed by atoms with Gasteiger partial charge in [0.2, 0.25) is 17.7 Å². The Bertz CT molecular complexity index is 1240. The van der Waals surface area contributed by atoms with Gasteiger partial charge in [0.25, 0.3) is 0 Å². The third kappa shape index (κ3) is 7.36. The smallest absolute Gasteiger partial charge is 0.245 e. The summed E-state index contributed by atoms with van der Waals surface area (Å²) in [7, 11) is 0. The van der Waals surface area contributed by atoms with Gasteiger partial charge in [0.1, 0.15) is 11.9 Å². The van der Waals surface area contributed by atoms with Gasteiger partial charge in [-0.15, -0.1) is 0 Å². The van der Waals surface area contributed by atoms with Gasteiger partial charge in [-0.05, 0) is 76.5 Å². The first kappa shape index (κ1) is 34.1. The lowest BCUT2D eigenvalue weighted by Gasteiger charge is -2.41. The Morgan fingerprint density at radius 1 is 0.978 bits per heavy atom. The third-order valence-corrected chi connectivity index (χ3v) is 10.9. The topological polar surface area (TPSA) is 73.4 Å². The van der Waals surface area contributed by atoms with Crippen LogP contribution in [0.25, 0.3) is 0 Å². The van der Waals surface area contributed by atoms with E-state index >= 15 is 4.39 Å². The Hall–Kier alpha value is -2.23. The number of benzene rings is 1. The number of carbonyl (C=O) groups is 3. The van der Waals surface area contributed by atoms with Crippen molar-refractivity contribution in [3.8, 4) is 0 Å². The number of carbonyl (C=O) groups excluding carboxylic acids is 3. The summed E-state index contributed by atoms with van der Waals surface area (Å²) in [5, 5.41) is 0.315. The Morgan fingerprint density at radius 3 is 2.24 bits per heavy atom. The average Bonchev–Trinajstić information content (AvgIpc) is 3.64. The van der Waals surface area contributed by atoms with E-state index in [4.69, 9.17) is 16.3 Å². The van der Waals surface area contributed by atoms with Crippen molar-refractivity contribution in [2.75, 3.05) is 45.9 Å². The lowest BCUT2D eigenvalue weighted by molar-refractivity contribution is -0.148. The van der Waals surface area contributed by atoms with Gasteiger partial charge < -0.3 is 19.4 Å². The molecule has 4 atom stereocenters. The van der Waals surface area contributed by atoms with Crippen LogP contribution in [0.5, 0.6) is 0 Å². The van der Waals surface area contributed by atoms with Gasteiger partial charge in [0, 0.05) is 61.2 Å². The monoisotopic (exact) mass is 646 g/mol. The predicted octanol–water partition coefficient (Wildman–Crippen LogP) is 5.18. The first-order chi connectivity index (χ1) is 21.3. The van der Waals surface area contributed by atoms with Crippen LogP contribution >= 0.6 is 11.6 Å². The summed E-state index contributed by atoms with van der Waals surface area (Å²) >= 11 is 6.11. The van der Waals surface area contributed by atoms with Crippen LogP contribution in [0.3, 0.4) is 0 Å². The van der Waals surface area contributed by atoms with E-state index in [9.17, 15) is 14.4 Å². The minimum Gasteiger partial charge on any atom is -0.378 e. The highest BCUT2D eigenvalue weighted by atomic mass is 35.5. The second kappa shape index (κ2) is 13.9. The summed E-state index contributed by atoms with van der Waals surface area (Å²) < 4.78 is 20.9. The van der Waals surface area contributed by atoms with E-state index in [-0.39, 0.29) is 47.2 Å². The normalized spacial score (nSPS) is 29.8. The van der Waals surface area contributed by atoms with Gasteiger partial charge in [0.05, 0.1) is 25.2 Å². The molecule has 1 aromatic carbocycles. The van der Waals surface area contributed by atoms with Crippen molar-refractivity contribution in [2.24, 2.45) is 17.8 Å². The number of nitrogens with zero attached hydrogens (tertiary/aromatic N) is 4. The highest BCUT2D eigenvalue weighted by molar-refractivity contribution is 6.30. The van der Waals surface area contributed by atoms with E-state index in [1.807, 2.05) is 13.8 Å². The van der Waals surface area contributed by atoms with Crippen LogP contribution in [-0.4, -0.2) is 107 Å². The molecule has 0 bridgehead atoms. The van der Waals surface area contributed by atoms with Gasteiger partial charge in [-0.25, -0.2) is 4.39 Å². The molecule has 4 fully saturated rings. The average molecular weight is 647 g/mol. The summed E-state index contributed by atoms with van der Waals surface area (Å²) in [5.41, 5.74) is 0.245. The molecular formula is C35H52ClFN4O4. The predicted molar refractivity (Wildman–Crippen MR) is 173 cm³/mol. The van der Waals surface area contributed by atoms with E-state index in [1.165, 1.54) is 6.07 Å². The van der Waals surface area contributed by atoms with Crippen molar-refractivity contribution in [1.29, 1.82) is 0 Å². The molecule has 10 heteroatoms. The molecule has 0 spiro atoms. The molecule has 3 heterocycles. The van der Waals surface area contributed by atoms with Gasteiger partial charge in [0.15, 0.2) is 0 Å². The van der Waals surface area contributed by atoms with Crippen molar-refractivity contribution >= 4 is 29.3 Å². The molecule has 3 amide bonds. The van der Waals surface area contributed by atoms with Crippen molar-refractivity contribution in [3.63, 3.8) is 0 Å². The molecule has 45 heavy (non-hydrogen) atoms.